The number of ketones is 1. The number of ether oxygens (including phenoxy) is 2. The molecule has 17 heteroatoms. The zero-order valence-electron chi connectivity index (χ0n) is 24.6. The lowest BCUT2D eigenvalue weighted by Gasteiger charge is -2.24. The standard InChI is InChI=1S/C13H20F3NO3.C10H17NO4.C2H4F3N.ClH/c1-12(2,3)20-11(19)17-7-5-9(8-17)10(18)4-6-13(14,15)16;1-10(2,3)15-9(14)11-5-4-7(6-11)8(12)13;3-2(4,5)1-6;/h9H,4-8H2,1-3H3;7H,4-6H2,1-3H3,(H,12,13);1,6H2;1H. The maximum atomic E-state index is 12.1. The quantitative estimate of drug-likeness (QED) is 0.387. The van der Waals surface area contributed by atoms with E-state index in [9.17, 15) is 45.5 Å². The molecule has 0 aromatic rings. The number of carbonyl (C=O) groups excluding carboxylic acids is 3. The van der Waals surface area contributed by atoms with Crippen molar-refractivity contribution in [3.8, 4) is 0 Å². The zero-order chi connectivity index (χ0) is 32.4. The van der Waals surface area contributed by atoms with E-state index in [0.717, 1.165) is 0 Å². The number of carboxylic acids is 1. The molecule has 42 heavy (non-hydrogen) atoms. The van der Waals surface area contributed by atoms with E-state index >= 15 is 0 Å². The third-order valence-corrected chi connectivity index (χ3v) is 5.37. The van der Waals surface area contributed by atoms with Gasteiger partial charge < -0.3 is 30.1 Å². The summed E-state index contributed by atoms with van der Waals surface area (Å²) in [5.74, 6) is -2.24. The lowest BCUT2D eigenvalue weighted by atomic mass is 9.99. The fourth-order valence-electron chi connectivity index (χ4n) is 3.44. The summed E-state index contributed by atoms with van der Waals surface area (Å²) in [7, 11) is 0. The van der Waals surface area contributed by atoms with Crippen LogP contribution in [0.1, 0.15) is 67.2 Å². The molecule has 0 aromatic heterocycles. The van der Waals surface area contributed by atoms with Crippen LogP contribution in [0.15, 0.2) is 0 Å². The van der Waals surface area contributed by atoms with Crippen LogP contribution < -0.4 is 5.73 Å². The maximum absolute atomic E-state index is 12.1. The molecule has 3 N–H and O–H groups in total. The van der Waals surface area contributed by atoms with Crippen LogP contribution in [0.3, 0.4) is 0 Å². The van der Waals surface area contributed by atoms with E-state index in [1.165, 1.54) is 9.80 Å². The number of halogens is 7. The Labute approximate surface area is 247 Å². The number of carbonyl (C=O) groups is 4. The van der Waals surface area contributed by atoms with Crippen molar-refractivity contribution in [2.75, 3.05) is 32.7 Å². The molecule has 2 saturated heterocycles. The summed E-state index contributed by atoms with van der Waals surface area (Å²) in [5.41, 5.74) is 3.02. The number of rotatable bonds is 4. The fourth-order valence-corrected chi connectivity index (χ4v) is 3.44. The second-order valence-electron chi connectivity index (χ2n) is 11.6. The molecule has 2 heterocycles. The van der Waals surface area contributed by atoms with Crippen LogP contribution >= 0.6 is 12.4 Å². The Morgan fingerprint density at radius 3 is 1.40 bits per heavy atom. The Balaban J connectivity index is 0. The van der Waals surface area contributed by atoms with Crippen molar-refractivity contribution in [1.29, 1.82) is 0 Å². The van der Waals surface area contributed by atoms with E-state index in [4.69, 9.17) is 14.6 Å². The van der Waals surface area contributed by atoms with E-state index in [-0.39, 0.29) is 25.5 Å². The molecule has 0 aliphatic carbocycles. The number of hydrogen-bond acceptors (Lipinski definition) is 7. The number of aliphatic carboxylic acids is 1. The van der Waals surface area contributed by atoms with Crippen molar-refractivity contribution in [3.05, 3.63) is 0 Å². The van der Waals surface area contributed by atoms with Gasteiger partial charge in [-0.05, 0) is 54.4 Å². The number of alkyl halides is 6. The summed E-state index contributed by atoms with van der Waals surface area (Å²) in [6, 6.07) is 0. The molecule has 0 spiro atoms. The Kier molecular flexibility index (Phi) is 16.8. The van der Waals surface area contributed by atoms with Crippen molar-refractivity contribution in [3.63, 3.8) is 0 Å². The molecule has 0 radical (unpaired) electrons. The van der Waals surface area contributed by atoms with Gasteiger partial charge in [0.2, 0.25) is 0 Å². The zero-order valence-corrected chi connectivity index (χ0v) is 25.4. The maximum Gasteiger partial charge on any atom is 0.410 e. The molecule has 0 saturated carbocycles. The van der Waals surface area contributed by atoms with Crippen LogP contribution in [0.2, 0.25) is 0 Å². The Morgan fingerprint density at radius 2 is 1.12 bits per heavy atom. The SMILES string of the molecule is CC(C)(C)OC(=O)N1CCC(C(=O)CCC(F)(F)F)C1.CC(C)(C)OC(=O)N1CCC(C(=O)O)C1.Cl.NCC(F)(F)F. The first-order valence-electron chi connectivity index (χ1n) is 12.9. The van der Waals surface area contributed by atoms with Crippen molar-refractivity contribution in [2.24, 2.45) is 17.6 Å². The molecule has 10 nitrogen and oxygen atoms in total. The van der Waals surface area contributed by atoms with Crippen molar-refractivity contribution in [1.82, 2.24) is 9.80 Å². The monoisotopic (exact) mass is 645 g/mol. The summed E-state index contributed by atoms with van der Waals surface area (Å²) < 4.78 is 78.5. The number of hydrogen-bond donors (Lipinski definition) is 2. The molecule has 2 amide bonds. The highest BCUT2D eigenvalue weighted by Gasteiger charge is 2.36. The van der Waals surface area contributed by atoms with Crippen LogP contribution in [0.25, 0.3) is 0 Å². The molecule has 2 rings (SSSR count). The summed E-state index contributed by atoms with van der Waals surface area (Å²) in [6.45, 7) is 10.5. The number of Topliss-reactive ketones (excluding diaryl/α,β-unsaturated/α-hetero) is 1. The van der Waals surface area contributed by atoms with E-state index in [2.05, 4.69) is 5.73 Å². The largest absolute Gasteiger partial charge is 0.481 e. The number of carboxylic acid groups (broad SMARTS) is 1. The minimum Gasteiger partial charge on any atom is -0.481 e. The lowest BCUT2D eigenvalue weighted by Crippen LogP contribution is -2.35. The number of nitrogens with two attached hydrogens (primary N) is 1. The fraction of sp³-hybridized carbons (Fsp3) is 0.840. The smallest absolute Gasteiger partial charge is 0.410 e. The van der Waals surface area contributed by atoms with Gasteiger partial charge in [0.15, 0.2) is 0 Å². The van der Waals surface area contributed by atoms with Crippen LogP contribution in [-0.2, 0) is 19.1 Å². The van der Waals surface area contributed by atoms with Gasteiger partial charge in [0, 0.05) is 38.5 Å². The predicted molar refractivity (Wildman–Crippen MR) is 142 cm³/mol. The number of likely N-dealkylation sites (tertiary alicyclic amines) is 2. The van der Waals surface area contributed by atoms with Gasteiger partial charge >= 0.3 is 30.5 Å². The van der Waals surface area contributed by atoms with E-state index < -0.39 is 78.7 Å². The van der Waals surface area contributed by atoms with Gasteiger partial charge in [-0.1, -0.05) is 0 Å². The molecule has 2 fully saturated rings. The van der Waals surface area contributed by atoms with Gasteiger partial charge in [-0.15, -0.1) is 12.4 Å². The van der Waals surface area contributed by atoms with Gasteiger partial charge in [-0.25, -0.2) is 9.59 Å². The Bertz CT molecular complexity index is 890. The Morgan fingerprint density at radius 1 is 0.762 bits per heavy atom. The van der Waals surface area contributed by atoms with E-state index in [0.29, 0.717) is 25.9 Å². The van der Waals surface area contributed by atoms with Crippen LogP contribution in [0, 0.1) is 11.8 Å². The molecule has 2 unspecified atom stereocenters. The van der Waals surface area contributed by atoms with Crippen LogP contribution in [-0.4, -0.2) is 95.1 Å². The highest BCUT2D eigenvalue weighted by molar-refractivity contribution is 5.85. The first-order valence-corrected chi connectivity index (χ1v) is 12.9. The summed E-state index contributed by atoms with van der Waals surface area (Å²) in [6.07, 6.45) is -10.2. The summed E-state index contributed by atoms with van der Waals surface area (Å²) >= 11 is 0. The average molecular weight is 646 g/mol. The average Bonchev–Trinajstić information content (AvgIpc) is 3.45. The van der Waals surface area contributed by atoms with Crippen molar-refractivity contribution >= 4 is 36.3 Å². The second kappa shape index (κ2) is 17.0. The van der Waals surface area contributed by atoms with Crippen LogP contribution in [0.5, 0.6) is 0 Å². The molecule has 248 valence electrons. The molecule has 2 aliphatic heterocycles. The van der Waals surface area contributed by atoms with Gasteiger partial charge in [-0.2, -0.15) is 26.3 Å². The minimum absolute atomic E-state index is 0. The number of nitrogens with zero attached hydrogens (tertiary/aromatic N) is 2. The first-order chi connectivity index (χ1) is 18.3. The van der Waals surface area contributed by atoms with Crippen LogP contribution in [0.4, 0.5) is 35.9 Å². The van der Waals surface area contributed by atoms with Crippen molar-refractivity contribution < 1.29 is 60.1 Å². The minimum atomic E-state index is -4.32. The third-order valence-electron chi connectivity index (χ3n) is 5.37. The highest BCUT2D eigenvalue weighted by Crippen LogP contribution is 2.26. The molecular formula is C25H42ClF6N3O7. The van der Waals surface area contributed by atoms with E-state index in [1.54, 1.807) is 41.5 Å². The molecule has 0 aromatic carbocycles. The van der Waals surface area contributed by atoms with Gasteiger partial charge in [0.1, 0.15) is 17.0 Å². The normalized spacial score (nSPS) is 19.0. The summed E-state index contributed by atoms with van der Waals surface area (Å²) in [5, 5.41) is 8.77. The van der Waals surface area contributed by atoms with Gasteiger partial charge in [0.05, 0.1) is 18.9 Å². The first kappa shape index (κ1) is 41.6. The van der Waals surface area contributed by atoms with E-state index in [1.807, 2.05) is 0 Å². The summed E-state index contributed by atoms with van der Waals surface area (Å²) in [4.78, 5) is 48.5. The topological polar surface area (TPSA) is 139 Å². The lowest BCUT2D eigenvalue weighted by molar-refractivity contribution is -0.144. The highest BCUT2D eigenvalue weighted by atomic mass is 35.5. The number of amides is 2. The van der Waals surface area contributed by atoms with Gasteiger partial charge in [0.25, 0.3) is 0 Å². The Hall–Kier alpha value is -2.49. The van der Waals surface area contributed by atoms with Gasteiger partial charge in [-0.3, -0.25) is 9.59 Å². The third kappa shape index (κ3) is 19.6. The predicted octanol–water partition coefficient (Wildman–Crippen LogP) is 5.41. The molecule has 2 aliphatic rings. The van der Waals surface area contributed by atoms with Crippen molar-refractivity contribution in [2.45, 2.75) is 90.8 Å². The second-order valence-corrected chi connectivity index (χ2v) is 11.6. The molecular weight excluding hydrogens is 604 g/mol. The molecule has 0 bridgehead atoms. The molecule has 2 atom stereocenters.